The zero-order valence-electron chi connectivity index (χ0n) is 10.6. The van der Waals surface area contributed by atoms with E-state index in [1.54, 1.807) is 12.1 Å². The Hall–Kier alpha value is -2.08. The fraction of sp³-hybridized carbons (Fsp3) is 0.143. The summed E-state index contributed by atoms with van der Waals surface area (Å²) in [5.74, 6) is 0.605. The zero-order chi connectivity index (χ0) is 14.1. The highest BCUT2D eigenvalue weighted by molar-refractivity contribution is 9.10. The van der Waals surface area contributed by atoms with Crippen molar-refractivity contribution >= 4 is 27.7 Å². The summed E-state index contributed by atoms with van der Waals surface area (Å²) in [6.07, 6.45) is 0.965. The molecule has 3 rings (SSSR count). The second kappa shape index (κ2) is 5.13. The van der Waals surface area contributed by atoms with Gasteiger partial charge in [0.25, 0.3) is 5.90 Å². The van der Waals surface area contributed by atoms with Gasteiger partial charge in [0.15, 0.2) is 5.76 Å². The minimum atomic E-state index is -0.569. The van der Waals surface area contributed by atoms with Gasteiger partial charge in [0, 0.05) is 17.0 Å². The molecule has 0 saturated heterocycles. The van der Waals surface area contributed by atoms with E-state index in [0.29, 0.717) is 11.7 Å². The number of hydrogen-bond donors (Lipinski definition) is 0. The van der Waals surface area contributed by atoms with E-state index >= 15 is 0 Å². The molecule has 0 radical (unpaired) electrons. The number of carbonyl (C=O) groups excluding carboxylic acids is 1. The standard InChI is InChI=1S/C14H11BrN2O3/c1-9(18)17-14(10-4-6-11(15)7-5-10)20-13(16-17)12-3-2-8-19-12/h2-8,14H,1H3/t14-/m1/s1. The van der Waals surface area contributed by atoms with E-state index in [9.17, 15) is 4.79 Å². The molecule has 1 aromatic carbocycles. The van der Waals surface area contributed by atoms with Gasteiger partial charge >= 0.3 is 0 Å². The molecule has 0 spiro atoms. The van der Waals surface area contributed by atoms with E-state index in [0.717, 1.165) is 10.0 Å². The Bertz CT molecular complexity index is 650. The molecule has 20 heavy (non-hydrogen) atoms. The monoisotopic (exact) mass is 334 g/mol. The van der Waals surface area contributed by atoms with Crippen LogP contribution in [-0.4, -0.2) is 16.8 Å². The average Bonchev–Trinajstić information content (AvgIpc) is 3.08. The highest BCUT2D eigenvalue weighted by Gasteiger charge is 2.33. The molecular formula is C14H11BrN2O3. The van der Waals surface area contributed by atoms with Crippen molar-refractivity contribution in [3.63, 3.8) is 0 Å². The van der Waals surface area contributed by atoms with Gasteiger partial charge in [-0.15, -0.1) is 5.10 Å². The molecule has 1 aliphatic heterocycles. The van der Waals surface area contributed by atoms with E-state index in [1.807, 2.05) is 24.3 Å². The molecule has 1 amide bonds. The fourth-order valence-corrected chi connectivity index (χ4v) is 2.17. The normalized spacial score (nSPS) is 17.8. The maximum Gasteiger partial charge on any atom is 0.277 e. The Morgan fingerprint density at radius 1 is 1.30 bits per heavy atom. The quantitative estimate of drug-likeness (QED) is 0.846. The Morgan fingerprint density at radius 3 is 2.65 bits per heavy atom. The molecule has 1 atom stereocenters. The second-order valence-electron chi connectivity index (χ2n) is 4.27. The predicted octanol–water partition coefficient (Wildman–Crippen LogP) is 3.28. The second-order valence-corrected chi connectivity index (χ2v) is 5.18. The number of furan rings is 1. The summed E-state index contributed by atoms with van der Waals surface area (Å²) in [5, 5.41) is 5.49. The molecule has 0 bridgehead atoms. The van der Waals surface area contributed by atoms with Gasteiger partial charge in [-0.2, -0.15) is 5.01 Å². The van der Waals surface area contributed by atoms with E-state index in [4.69, 9.17) is 9.15 Å². The van der Waals surface area contributed by atoms with Gasteiger partial charge in [0.1, 0.15) is 0 Å². The third-order valence-electron chi connectivity index (χ3n) is 2.85. The first kappa shape index (κ1) is 12.9. The molecule has 2 aromatic rings. The average molecular weight is 335 g/mol. The molecule has 2 heterocycles. The van der Waals surface area contributed by atoms with Gasteiger partial charge in [0.2, 0.25) is 12.1 Å². The van der Waals surface area contributed by atoms with Crippen LogP contribution in [-0.2, 0) is 9.53 Å². The maximum atomic E-state index is 11.7. The van der Waals surface area contributed by atoms with E-state index in [1.165, 1.54) is 18.2 Å². The van der Waals surface area contributed by atoms with Crippen molar-refractivity contribution in [1.82, 2.24) is 5.01 Å². The lowest BCUT2D eigenvalue weighted by atomic mass is 10.2. The number of amides is 1. The summed E-state index contributed by atoms with van der Waals surface area (Å²) in [7, 11) is 0. The SMILES string of the molecule is CC(=O)N1N=C(c2ccco2)O[C@@H]1c1ccc(Br)cc1. The first-order valence-electron chi connectivity index (χ1n) is 5.99. The van der Waals surface area contributed by atoms with Crippen molar-refractivity contribution in [3.8, 4) is 0 Å². The lowest BCUT2D eigenvalue weighted by Crippen LogP contribution is -2.25. The Kier molecular flexibility index (Phi) is 3.31. The smallest absolute Gasteiger partial charge is 0.277 e. The maximum absolute atomic E-state index is 11.7. The Balaban J connectivity index is 1.93. The van der Waals surface area contributed by atoms with Crippen LogP contribution in [0.2, 0.25) is 0 Å². The fourth-order valence-electron chi connectivity index (χ4n) is 1.91. The lowest BCUT2D eigenvalue weighted by molar-refractivity contribution is -0.135. The first-order valence-corrected chi connectivity index (χ1v) is 6.79. The van der Waals surface area contributed by atoms with Gasteiger partial charge in [-0.05, 0) is 24.3 Å². The molecular weight excluding hydrogens is 324 g/mol. The summed E-state index contributed by atoms with van der Waals surface area (Å²) in [5.41, 5.74) is 0.841. The molecule has 5 nitrogen and oxygen atoms in total. The van der Waals surface area contributed by atoms with Crippen LogP contribution in [0.15, 0.2) is 56.7 Å². The summed E-state index contributed by atoms with van der Waals surface area (Å²) >= 11 is 3.38. The van der Waals surface area contributed by atoms with Gasteiger partial charge in [-0.25, -0.2) is 0 Å². The van der Waals surface area contributed by atoms with E-state index in [-0.39, 0.29) is 5.91 Å². The number of rotatable bonds is 2. The highest BCUT2D eigenvalue weighted by Crippen LogP contribution is 2.30. The molecule has 0 N–H and O–H groups in total. The molecule has 1 aromatic heterocycles. The van der Waals surface area contributed by atoms with Crippen LogP contribution in [0.4, 0.5) is 0 Å². The first-order chi connectivity index (χ1) is 9.65. The van der Waals surface area contributed by atoms with Crippen molar-refractivity contribution in [2.75, 3.05) is 0 Å². The van der Waals surface area contributed by atoms with Crippen molar-refractivity contribution in [2.24, 2.45) is 5.10 Å². The number of benzene rings is 1. The van der Waals surface area contributed by atoms with Crippen molar-refractivity contribution in [1.29, 1.82) is 0 Å². The predicted molar refractivity (Wildman–Crippen MR) is 75.7 cm³/mol. The van der Waals surface area contributed by atoms with Crippen LogP contribution in [0.25, 0.3) is 0 Å². The molecule has 0 fully saturated rings. The van der Waals surface area contributed by atoms with Crippen LogP contribution in [0.3, 0.4) is 0 Å². The minimum absolute atomic E-state index is 0.195. The molecule has 0 saturated carbocycles. The van der Waals surface area contributed by atoms with Gasteiger partial charge in [-0.1, -0.05) is 28.1 Å². The van der Waals surface area contributed by atoms with Crippen LogP contribution >= 0.6 is 15.9 Å². The molecule has 0 unspecified atom stereocenters. The summed E-state index contributed by atoms with van der Waals surface area (Å²) in [4.78, 5) is 11.7. The van der Waals surface area contributed by atoms with Crippen LogP contribution in [0.5, 0.6) is 0 Å². The molecule has 6 heteroatoms. The van der Waals surface area contributed by atoms with Crippen LogP contribution in [0.1, 0.15) is 24.5 Å². The van der Waals surface area contributed by atoms with Crippen molar-refractivity contribution < 1.29 is 13.9 Å². The number of carbonyl (C=O) groups is 1. The summed E-state index contributed by atoms with van der Waals surface area (Å²) in [6.45, 7) is 1.45. The third-order valence-corrected chi connectivity index (χ3v) is 3.38. The minimum Gasteiger partial charge on any atom is -0.459 e. The summed E-state index contributed by atoms with van der Waals surface area (Å²) < 4.78 is 12.0. The Morgan fingerprint density at radius 2 is 2.05 bits per heavy atom. The molecule has 1 aliphatic rings. The number of hydrazone groups is 1. The van der Waals surface area contributed by atoms with E-state index in [2.05, 4.69) is 21.0 Å². The summed E-state index contributed by atoms with van der Waals surface area (Å²) in [6, 6.07) is 11.0. The Labute approximate surface area is 124 Å². The van der Waals surface area contributed by atoms with Gasteiger partial charge in [-0.3, -0.25) is 4.79 Å². The molecule has 0 aliphatic carbocycles. The largest absolute Gasteiger partial charge is 0.459 e. The van der Waals surface area contributed by atoms with Crippen molar-refractivity contribution in [2.45, 2.75) is 13.2 Å². The van der Waals surface area contributed by atoms with Crippen molar-refractivity contribution in [3.05, 3.63) is 58.5 Å². The number of nitrogens with zero attached hydrogens (tertiary/aromatic N) is 2. The van der Waals surface area contributed by atoms with Gasteiger partial charge in [0.05, 0.1) is 6.26 Å². The highest BCUT2D eigenvalue weighted by atomic mass is 79.9. The molecule has 102 valence electrons. The number of hydrogen-bond acceptors (Lipinski definition) is 4. The lowest BCUT2D eigenvalue weighted by Gasteiger charge is -2.19. The number of ether oxygens (including phenoxy) is 1. The van der Waals surface area contributed by atoms with Crippen LogP contribution in [0, 0.1) is 0 Å². The van der Waals surface area contributed by atoms with Gasteiger partial charge < -0.3 is 9.15 Å². The topological polar surface area (TPSA) is 55.0 Å². The third kappa shape index (κ3) is 2.34. The van der Waals surface area contributed by atoms with E-state index < -0.39 is 6.23 Å². The number of halogens is 1. The zero-order valence-corrected chi connectivity index (χ0v) is 12.2. The van der Waals surface area contributed by atoms with Crippen LogP contribution < -0.4 is 0 Å².